The molecule has 2 rings (SSSR count). The molecule has 2 aromatic rings. The molecule has 1 aromatic heterocycles. The van der Waals surface area contributed by atoms with Gasteiger partial charge < -0.3 is 0 Å². The molecule has 1 N–H and O–H groups in total. The maximum Gasteiger partial charge on any atom is 0.250 e. The van der Waals surface area contributed by atoms with Crippen LogP contribution in [0.25, 0.3) is 0 Å². The van der Waals surface area contributed by atoms with Crippen molar-refractivity contribution in [3.63, 3.8) is 0 Å². The first kappa shape index (κ1) is 12.1. The van der Waals surface area contributed by atoms with Crippen LogP contribution in [-0.4, -0.2) is 13.4 Å². The topological polar surface area (TPSA) is 59.1 Å². The van der Waals surface area contributed by atoms with Crippen molar-refractivity contribution < 1.29 is 8.42 Å². The number of hydrogen-bond donors (Lipinski definition) is 1. The molecule has 0 aliphatic heterocycles. The van der Waals surface area contributed by atoms with Crippen LogP contribution >= 0.6 is 11.9 Å². The summed E-state index contributed by atoms with van der Waals surface area (Å²) in [5.41, 5.74) is 0. The van der Waals surface area contributed by atoms with Gasteiger partial charge in [0.2, 0.25) is 10.0 Å². The van der Waals surface area contributed by atoms with Crippen LogP contribution in [-0.2, 0) is 10.0 Å². The van der Waals surface area contributed by atoms with Crippen molar-refractivity contribution in [3.05, 3.63) is 54.7 Å². The van der Waals surface area contributed by atoms with Crippen LogP contribution in [0.4, 0.5) is 0 Å². The minimum absolute atomic E-state index is 0.239. The molecule has 0 fully saturated rings. The Balaban J connectivity index is 2.09. The van der Waals surface area contributed by atoms with Gasteiger partial charge >= 0.3 is 0 Å². The van der Waals surface area contributed by atoms with Crippen molar-refractivity contribution in [1.29, 1.82) is 0 Å². The van der Waals surface area contributed by atoms with E-state index in [1.54, 1.807) is 54.7 Å². The van der Waals surface area contributed by atoms with Gasteiger partial charge in [-0.25, -0.2) is 13.4 Å². The standard InChI is InChI=1S/C11H10N2O2S2/c14-17(15,10-6-2-1-3-7-10)13-16-11-8-4-5-9-12-11/h1-9,13H. The molecular weight excluding hydrogens is 256 g/mol. The Kier molecular flexibility index (Phi) is 3.78. The summed E-state index contributed by atoms with van der Waals surface area (Å²) in [5, 5.41) is 0.604. The molecule has 1 heterocycles. The van der Waals surface area contributed by atoms with Crippen LogP contribution in [0.3, 0.4) is 0 Å². The van der Waals surface area contributed by atoms with Gasteiger partial charge in [0.15, 0.2) is 0 Å². The summed E-state index contributed by atoms with van der Waals surface area (Å²) in [7, 11) is -3.49. The van der Waals surface area contributed by atoms with Crippen molar-refractivity contribution in [1.82, 2.24) is 9.11 Å². The molecule has 0 aliphatic rings. The first-order valence-corrected chi connectivity index (χ1v) is 7.13. The quantitative estimate of drug-likeness (QED) is 0.861. The molecule has 4 nitrogen and oxygen atoms in total. The molecule has 17 heavy (non-hydrogen) atoms. The predicted molar refractivity (Wildman–Crippen MR) is 66.9 cm³/mol. The van der Waals surface area contributed by atoms with Gasteiger partial charge in [0.1, 0.15) is 5.03 Å². The van der Waals surface area contributed by atoms with Crippen LogP contribution in [0, 0.1) is 0 Å². The van der Waals surface area contributed by atoms with Gasteiger partial charge in [-0.3, -0.25) is 0 Å². The van der Waals surface area contributed by atoms with Crippen LogP contribution in [0.5, 0.6) is 0 Å². The lowest BCUT2D eigenvalue weighted by Gasteiger charge is -2.04. The molecular formula is C11H10N2O2S2. The van der Waals surface area contributed by atoms with Gasteiger partial charge in [-0.05, 0) is 36.2 Å². The van der Waals surface area contributed by atoms with Gasteiger partial charge in [-0.15, -0.1) is 4.13 Å². The summed E-state index contributed by atoms with van der Waals surface area (Å²) in [6.07, 6.45) is 1.61. The molecule has 0 aliphatic carbocycles. The van der Waals surface area contributed by atoms with Crippen molar-refractivity contribution in [2.45, 2.75) is 9.92 Å². The second kappa shape index (κ2) is 5.31. The van der Waals surface area contributed by atoms with Gasteiger partial charge in [0, 0.05) is 6.20 Å². The minimum atomic E-state index is -3.49. The molecule has 0 bridgehead atoms. The van der Waals surface area contributed by atoms with E-state index in [-0.39, 0.29) is 4.90 Å². The zero-order chi connectivity index (χ0) is 12.1. The first-order valence-electron chi connectivity index (χ1n) is 4.83. The van der Waals surface area contributed by atoms with Crippen LogP contribution in [0.2, 0.25) is 0 Å². The van der Waals surface area contributed by atoms with E-state index in [0.29, 0.717) is 5.03 Å². The largest absolute Gasteiger partial charge is 0.250 e. The third kappa shape index (κ3) is 3.29. The number of benzene rings is 1. The third-order valence-electron chi connectivity index (χ3n) is 1.95. The minimum Gasteiger partial charge on any atom is -0.249 e. The van der Waals surface area contributed by atoms with E-state index in [4.69, 9.17) is 0 Å². The molecule has 88 valence electrons. The highest BCUT2D eigenvalue weighted by molar-refractivity contribution is 8.09. The lowest BCUT2D eigenvalue weighted by Crippen LogP contribution is -2.16. The summed E-state index contributed by atoms with van der Waals surface area (Å²) in [6, 6.07) is 13.5. The summed E-state index contributed by atoms with van der Waals surface area (Å²) >= 11 is 0.973. The normalized spacial score (nSPS) is 11.3. The number of pyridine rings is 1. The Labute approximate surface area is 104 Å². The highest BCUT2D eigenvalue weighted by Gasteiger charge is 2.13. The van der Waals surface area contributed by atoms with Gasteiger partial charge in [-0.2, -0.15) is 0 Å². The maximum atomic E-state index is 11.8. The number of nitrogens with zero attached hydrogens (tertiary/aromatic N) is 1. The molecule has 0 radical (unpaired) electrons. The summed E-state index contributed by atoms with van der Waals surface area (Å²) in [5.74, 6) is 0. The van der Waals surface area contributed by atoms with Crippen molar-refractivity contribution >= 4 is 22.0 Å². The number of nitrogens with one attached hydrogen (secondary N) is 1. The highest BCUT2D eigenvalue weighted by Crippen LogP contribution is 2.15. The number of rotatable bonds is 4. The fourth-order valence-corrected chi connectivity index (χ4v) is 3.09. The zero-order valence-electron chi connectivity index (χ0n) is 8.78. The van der Waals surface area contributed by atoms with Crippen LogP contribution in [0.1, 0.15) is 0 Å². The van der Waals surface area contributed by atoms with E-state index in [0.717, 1.165) is 11.9 Å². The Bertz CT molecular complexity index is 571. The molecule has 0 amide bonds. The van der Waals surface area contributed by atoms with Crippen molar-refractivity contribution in [3.8, 4) is 0 Å². The van der Waals surface area contributed by atoms with Crippen molar-refractivity contribution in [2.75, 3.05) is 0 Å². The Morgan fingerprint density at radius 3 is 2.35 bits per heavy atom. The molecule has 0 saturated carbocycles. The Morgan fingerprint density at radius 2 is 1.71 bits per heavy atom. The SMILES string of the molecule is O=S(=O)(NSc1ccccn1)c1ccccc1. The van der Waals surface area contributed by atoms with Crippen LogP contribution in [0.15, 0.2) is 64.6 Å². The predicted octanol–water partition coefficient (Wildman–Crippen LogP) is 2.07. The summed E-state index contributed by atoms with van der Waals surface area (Å²) < 4.78 is 26.1. The highest BCUT2D eigenvalue weighted by atomic mass is 32.3. The number of hydrogen-bond acceptors (Lipinski definition) is 4. The van der Waals surface area contributed by atoms with Gasteiger partial charge in [0.25, 0.3) is 0 Å². The van der Waals surface area contributed by atoms with E-state index < -0.39 is 10.0 Å². The molecule has 1 aromatic carbocycles. The van der Waals surface area contributed by atoms with Gasteiger partial charge in [-0.1, -0.05) is 24.3 Å². The molecule has 0 unspecified atom stereocenters. The fraction of sp³-hybridized carbons (Fsp3) is 0. The second-order valence-electron chi connectivity index (χ2n) is 3.17. The lowest BCUT2D eigenvalue weighted by molar-refractivity contribution is 0.594. The average molecular weight is 266 g/mol. The second-order valence-corrected chi connectivity index (χ2v) is 5.94. The molecule has 0 atom stereocenters. The smallest absolute Gasteiger partial charge is 0.249 e. The van der Waals surface area contributed by atoms with E-state index in [1.165, 1.54) is 0 Å². The van der Waals surface area contributed by atoms with Gasteiger partial charge in [0.05, 0.1) is 4.90 Å². The zero-order valence-corrected chi connectivity index (χ0v) is 10.4. The first-order chi connectivity index (χ1) is 8.18. The molecule has 6 heteroatoms. The van der Waals surface area contributed by atoms with Crippen molar-refractivity contribution in [2.24, 2.45) is 0 Å². The molecule has 0 spiro atoms. The monoisotopic (exact) mass is 266 g/mol. The van der Waals surface area contributed by atoms with E-state index in [1.807, 2.05) is 0 Å². The van der Waals surface area contributed by atoms with E-state index in [2.05, 4.69) is 9.11 Å². The maximum absolute atomic E-state index is 11.8. The lowest BCUT2D eigenvalue weighted by atomic mass is 10.4. The summed E-state index contributed by atoms with van der Waals surface area (Å²) in [4.78, 5) is 4.25. The van der Waals surface area contributed by atoms with Crippen LogP contribution < -0.4 is 4.13 Å². The summed E-state index contributed by atoms with van der Waals surface area (Å²) in [6.45, 7) is 0. The Morgan fingerprint density at radius 1 is 1.00 bits per heavy atom. The number of aromatic nitrogens is 1. The Hall–Kier alpha value is -1.37. The van der Waals surface area contributed by atoms with E-state index in [9.17, 15) is 8.42 Å². The molecule has 0 saturated heterocycles. The third-order valence-corrected chi connectivity index (χ3v) is 4.50. The number of sulfonamides is 1. The fourth-order valence-electron chi connectivity index (χ4n) is 1.15. The van der Waals surface area contributed by atoms with E-state index >= 15 is 0 Å². The average Bonchev–Trinajstić information content (AvgIpc) is 2.39.